The minimum absolute atomic E-state index is 0.0689. The van der Waals surface area contributed by atoms with Gasteiger partial charge in [-0.15, -0.1) is 0 Å². The van der Waals surface area contributed by atoms with Gasteiger partial charge in [0, 0.05) is 6.07 Å². The zero-order valence-corrected chi connectivity index (χ0v) is 6.93. The molecule has 0 radical (unpaired) electrons. The molecule has 12 heavy (non-hydrogen) atoms. The summed E-state index contributed by atoms with van der Waals surface area (Å²) in [6.45, 7) is 1.51. The number of hydrogen-bond donors (Lipinski definition) is 0. The van der Waals surface area contributed by atoms with Crippen LogP contribution in [0, 0.1) is 22.9 Å². The number of benzene rings is 1. The van der Waals surface area contributed by atoms with Crippen molar-refractivity contribution in [2.75, 3.05) is 0 Å². The first-order chi connectivity index (χ1) is 5.52. The molecule has 1 rings (SSSR count). The van der Waals surface area contributed by atoms with Crippen molar-refractivity contribution in [3.8, 4) is 0 Å². The van der Waals surface area contributed by atoms with E-state index in [4.69, 9.17) is 11.6 Å². The van der Waals surface area contributed by atoms with Crippen LogP contribution in [-0.4, -0.2) is 4.92 Å². The second-order valence-electron chi connectivity index (χ2n) is 2.32. The molecule has 0 fully saturated rings. The van der Waals surface area contributed by atoms with Crippen LogP contribution in [0.5, 0.6) is 0 Å². The van der Waals surface area contributed by atoms with E-state index in [2.05, 4.69) is 0 Å². The highest BCUT2D eigenvalue weighted by atomic mass is 35.5. The average Bonchev–Trinajstić information content (AvgIpc) is 1.99. The van der Waals surface area contributed by atoms with Gasteiger partial charge in [0.1, 0.15) is 5.82 Å². The molecule has 0 heterocycles. The predicted octanol–water partition coefficient (Wildman–Crippen LogP) is 2.70. The van der Waals surface area contributed by atoms with Gasteiger partial charge >= 0.3 is 0 Å². The Bertz CT molecular complexity index is 317. The highest BCUT2D eigenvalue weighted by Gasteiger charge is 2.12. The lowest BCUT2D eigenvalue weighted by Gasteiger charge is -1.98. The number of nitrogens with zero attached hydrogens (tertiary/aromatic N) is 1. The van der Waals surface area contributed by atoms with Crippen molar-refractivity contribution >= 4 is 17.3 Å². The molecule has 0 saturated carbocycles. The third-order valence-corrected chi connectivity index (χ3v) is 1.88. The normalized spacial score (nSPS) is 9.92. The highest BCUT2D eigenvalue weighted by Crippen LogP contribution is 2.24. The summed E-state index contributed by atoms with van der Waals surface area (Å²) < 4.78 is 12.8. The van der Waals surface area contributed by atoms with Crippen LogP contribution in [0.1, 0.15) is 5.56 Å². The SMILES string of the molecule is Cc1cc([N+](=O)[O-])cc(F)c1Cl. The molecule has 0 N–H and O–H groups in total. The van der Waals surface area contributed by atoms with Gasteiger partial charge in [-0.3, -0.25) is 10.1 Å². The molecule has 0 atom stereocenters. The van der Waals surface area contributed by atoms with Crippen molar-refractivity contribution in [2.24, 2.45) is 0 Å². The summed E-state index contributed by atoms with van der Waals surface area (Å²) in [5.41, 5.74) is 0.0813. The number of rotatable bonds is 1. The molecule has 0 saturated heterocycles. The molecule has 0 aliphatic rings. The summed E-state index contributed by atoms with van der Waals surface area (Å²) in [4.78, 5) is 9.55. The predicted molar refractivity (Wildman–Crippen MR) is 42.8 cm³/mol. The largest absolute Gasteiger partial charge is 0.272 e. The van der Waals surface area contributed by atoms with Crippen molar-refractivity contribution < 1.29 is 9.31 Å². The maximum Gasteiger partial charge on any atom is 0.272 e. The van der Waals surface area contributed by atoms with Crippen molar-refractivity contribution in [1.29, 1.82) is 0 Å². The molecule has 64 valence electrons. The van der Waals surface area contributed by atoms with Crippen LogP contribution in [0.2, 0.25) is 5.02 Å². The molecule has 0 amide bonds. The van der Waals surface area contributed by atoms with Crippen LogP contribution < -0.4 is 0 Å². The molecule has 0 aromatic heterocycles. The molecule has 1 aromatic carbocycles. The number of halogens is 2. The van der Waals surface area contributed by atoms with Crippen LogP contribution in [0.25, 0.3) is 0 Å². The summed E-state index contributed by atoms with van der Waals surface area (Å²) in [7, 11) is 0. The molecule has 0 bridgehead atoms. The van der Waals surface area contributed by atoms with Crippen LogP contribution in [-0.2, 0) is 0 Å². The van der Waals surface area contributed by atoms with Crippen LogP contribution >= 0.6 is 11.6 Å². The summed E-state index contributed by atoms with van der Waals surface area (Å²) in [6.07, 6.45) is 0. The Morgan fingerprint density at radius 3 is 2.58 bits per heavy atom. The quantitative estimate of drug-likeness (QED) is 0.504. The smallest absolute Gasteiger partial charge is 0.258 e. The van der Waals surface area contributed by atoms with E-state index < -0.39 is 10.7 Å². The van der Waals surface area contributed by atoms with E-state index in [1.54, 1.807) is 0 Å². The van der Waals surface area contributed by atoms with E-state index in [0.29, 0.717) is 5.56 Å². The number of hydrogen-bond acceptors (Lipinski definition) is 2. The van der Waals surface area contributed by atoms with Gasteiger partial charge in [0.25, 0.3) is 5.69 Å². The first-order valence-corrected chi connectivity index (χ1v) is 3.50. The Morgan fingerprint density at radius 1 is 1.58 bits per heavy atom. The summed E-state index contributed by atoms with van der Waals surface area (Å²) in [5.74, 6) is -0.761. The van der Waals surface area contributed by atoms with Crippen molar-refractivity contribution in [3.05, 3.63) is 38.7 Å². The molecule has 0 unspecified atom stereocenters. The number of non-ortho nitro benzene ring substituents is 1. The molecule has 0 aliphatic heterocycles. The third kappa shape index (κ3) is 1.53. The average molecular weight is 190 g/mol. The van der Waals surface area contributed by atoms with Crippen molar-refractivity contribution in [1.82, 2.24) is 0 Å². The minimum Gasteiger partial charge on any atom is -0.258 e. The highest BCUT2D eigenvalue weighted by molar-refractivity contribution is 6.31. The zero-order chi connectivity index (χ0) is 9.30. The molecule has 5 heteroatoms. The second-order valence-corrected chi connectivity index (χ2v) is 2.69. The van der Waals surface area contributed by atoms with Crippen LogP contribution in [0.3, 0.4) is 0 Å². The van der Waals surface area contributed by atoms with E-state index >= 15 is 0 Å². The zero-order valence-electron chi connectivity index (χ0n) is 6.17. The monoisotopic (exact) mass is 189 g/mol. The van der Waals surface area contributed by atoms with Gasteiger partial charge in [-0.2, -0.15) is 0 Å². The summed E-state index contributed by atoms with van der Waals surface area (Å²) in [5, 5.41) is 10.1. The van der Waals surface area contributed by atoms with E-state index in [0.717, 1.165) is 6.07 Å². The Labute approximate surface area is 72.9 Å². The third-order valence-electron chi connectivity index (χ3n) is 1.41. The van der Waals surface area contributed by atoms with Gasteiger partial charge in [-0.05, 0) is 12.5 Å². The van der Waals surface area contributed by atoms with Crippen molar-refractivity contribution in [3.63, 3.8) is 0 Å². The molecule has 3 nitrogen and oxygen atoms in total. The lowest BCUT2D eigenvalue weighted by atomic mass is 10.2. The van der Waals surface area contributed by atoms with Gasteiger partial charge < -0.3 is 0 Å². The fraction of sp³-hybridized carbons (Fsp3) is 0.143. The van der Waals surface area contributed by atoms with E-state index in [9.17, 15) is 14.5 Å². The maximum atomic E-state index is 12.8. The van der Waals surface area contributed by atoms with Gasteiger partial charge in [-0.25, -0.2) is 4.39 Å². The number of nitro benzene ring substituents is 1. The van der Waals surface area contributed by atoms with Crippen molar-refractivity contribution in [2.45, 2.75) is 6.92 Å². The van der Waals surface area contributed by atoms with Crippen LogP contribution in [0.15, 0.2) is 12.1 Å². The van der Waals surface area contributed by atoms with E-state index in [1.807, 2.05) is 0 Å². The fourth-order valence-electron chi connectivity index (χ4n) is 0.814. The molecular weight excluding hydrogens is 185 g/mol. The van der Waals surface area contributed by atoms with Gasteiger partial charge in [-0.1, -0.05) is 11.6 Å². The number of nitro groups is 1. The number of aryl methyl sites for hydroxylation is 1. The Kier molecular flexibility index (Phi) is 2.28. The standard InChI is InChI=1S/C7H5ClFNO2/c1-4-2-5(10(11)12)3-6(9)7(4)8/h2-3H,1H3. The van der Waals surface area contributed by atoms with E-state index in [1.165, 1.54) is 13.0 Å². The Hall–Kier alpha value is -1.16. The maximum absolute atomic E-state index is 12.8. The van der Waals surface area contributed by atoms with Gasteiger partial charge in [0.2, 0.25) is 0 Å². The summed E-state index contributed by atoms with van der Waals surface area (Å²) >= 11 is 5.46. The van der Waals surface area contributed by atoms with Crippen LogP contribution in [0.4, 0.5) is 10.1 Å². The molecule has 1 aromatic rings. The second kappa shape index (κ2) is 3.06. The lowest BCUT2D eigenvalue weighted by Crippen LogP contribution is -1.91. The molecular formula is C7H5ClFNO2. The Balaban J connectivity index is 3.31. The van der Waals surface area contributed by atoms with E-state index in [-0.39, 0.29) is 10.7 Å². The summed E-state index contributed by atoms with van der Waals surface area (Å²) in [6, 6.07) is 2.03. The lowest BCUT2D eigenvalue weighted by molar-refractivity contribution is -0.385. The minimum atomic E-state index is -0.761. The molecule has 0 aliphatic carbocycles. The van der Waals surface area contributed by atoms with Gasteiger partial charge in [0.15, 0.2) is 0 Å². The topological polar surface area (TPSA) is 43.1 Å². The fourth-order valence-corrected chi connectivity index (χ4v) is 0.923. The first-order valence-electron chi connectivity index (χ1n) is 3.12. The first kappa shape index (κ1) is 8.93. The Morgan fingerprint density at radius 2 is 2.17 bits per heavy atom. The van der Waals surface area contributed by atoms with Gasteiger partial charge in [0.05, 0.1) is 16.0 Å². The molecule has 0 spiro atoms.